The van der Waals surface area contributed by atoms with Crippen LogP contribution in [0.1, 0.15) is 23.1 Å². The highest BCUT2D eigenvalue weighted by Crippen LogP contribution is 2.26. The third-order valence-corrected chi connectivity index (χ3v) is 4.94. The lowest BCUT2D eigenvalue weighted by molar-refractivity contribution is -0.151. The summed E-state index contributed by atoms with van der Waals surface area (Å²) in [5.74, 6) is -1.62. The summed E-state index contributed by atoms with van der Waals surface area (Å²) in [4.78, 5) is 38.2. The first-order valence-corrected chi connectivity index (χ1v) is 9.24. The highest BCUT2D eigenvalue weighted by atomic mass is 16.5. The summed E-state index contributed by atoms with van der Waals surface area (Å²) in [6, 6.07) is 13.1. The second kappa shape index (κ2) is 8.25. The van der Waals surface area contributed by atoms with E-state index >= 15 is 0 Å². The molecule has 6 nitrogen and oxygen atoms in total. The van der Waals surface area contributed by atoms with Crippen molar-refractivity contribution in [2.45, 2.75) is 27.2 Å². The number of anilines is 2. The molecule has 1 fully saturated rings. The number of hydrogen-bond donors (Lipinski definition) is 1. The van der Waals surface area contributed by atoms with E-state index in [0.29, 0.717) is 5.69 Å². The number of carbonyl (C=O) groups excluding carboxylic acids is 3. The normalized spacial score (nSPS) is 16.2. The van der Waals surface area contributed by atoms with Gasteiger partial charge in [-0.2, -0.15) is 0 Å². The second-order valence-electron chi connectivity index (χ2n) is 7.20. The molecular weight excluding hydrogens is 356 g/mol. The molecule has 0 spiro atoms. The summed E-state index contributed by atoms with van der Waals surface area (Å²) in [5, 5.41) is 2.71. The molecule has 1 heterocycles. The van der Waals surface area contributed by atoms with E-state index in [1.54, 1.807) is 11.0 Å². The first-order chi connectivity index (χ1) is 13.3. The van der Waals surface area contributed by atoms with Crippen molar-refractivity contribution in [1.29, 1.82) is 0 Å². The van der Waals surface area contributed by atoms with Crippen LogP contribution >= 0.6 is 0 Å². The molecule has 1 aliphatic heterocycles. The van der Waals surface area contributed by atoms with Gasteiger partial charge in [-0.25, -0.2) is 0 Å². The molecule has 0 aromatic heterocycles. The summed E-state index contributed by atoms with van der Waals surface area (Å²) in [7, 11) is 0. The largest absolute Gasteiger partial charge is 0.455 e. The Labute approximate surface area is 164 Å². The van der Waals surface area contributed by atoms with Gasteiger partial charge in [-0.3, -0.25) is 14.4 Å². The molecular formula is C22H24N2O4. The quantitative estimate of drug-likeness (QED) is 0.809. The average molecular weight is 380 g/mol. The molecule has 0 bridgehead atoms. The molecule has 146 valence electrons. The average Bonchev–Trinajstić information content (AvgIpc) is 3.05. The van der Waals surface area contributed by atoms with Crippen LogP contribution in [0.5, 0.6) is 0 Å². The van der Waals surface area contributed by atoms with Gasteiger partial charge in [0.1, 0.15) is 0 Å². The SMILES string of the molecule is Cc1ccc(N2C[C@@H](C(=O)OCC(=O)Nc3ccc(C)c(C)c3)CC2=O)cc1. The van der Waals surface area contributed by atoms with Crippen LogP contribution in [0.2, 0.25) is 0 Å². The van der Waals surface area contributed by atoms with Gasteiger partial charge in [-0.15, -0.1) is 0 Å². The summed E-state index contributed by atoms with van der Waals surface area (Å²) in [5.41, 5.74) is 4.72. The van der Waals surface area contributed by atoms with Crippen molar-refractivity contribution in [2.24, 2.45) is 5.92 Å². The number of rotatable bonds is 5. The number of nitrogens with zero attached hydrogens (tertiary/aromatic N) is 1. The molecule has 1 saturated heterocycles. The molecule has 0 aliphatic carbocycles. The third kappa shape index (κ3) is 4.57. The molecule has 1 aliphatic rings. The predicted octanol–water partition coefficient (Wildman–Crippen LogP) is 3.15. The predicted molar refractivity (Wildman–Crippen MR) is 107 cm³/mol. The molecule has 2 amide bonds. The lowest BCUT2D eigenvalue weighted by Gasteiger charge is -2.16. The third-order valence-electron chi connectivity index (χ3n) is 4.94. The highest BCUT2D eigenvalue weighted by Gasteiger charge is 2.36. The Balaban J connectivity index is 1.52. The van der Waals surface area contributed by atoms with E-state index < -0.39 is 17.8 Å². The fourth-order valence-corrected chi connectivity index (χ4v) is 3.11. The molecule has 0 saturated carbocycles. The van der Waals surface area contributed by atoms with E-state index in [1.165, 1.54) is 0 Å². The van der Waals surface area contributed by atoms with Crippen LogP contribution in [-0.2, 0) is 19.1 Å². The van der Waals surface area contributed by atoms with Gasteiger partial charge in [0.05, 0.1) is 5.92 Å². The number of aryl methyl sites for hydroxylation is 3. The van der Waals surface area contributed by atoms with Crippen molar-refractivity contribution in [3.63, 3.8) is 0 Å². The number of carbonyl (C=O) groups is 3. The highest BCUT2D eigenvalue weighted by molar-refractivity contribution is 6.00. The number of hydrogen-bond acceptors (Lipinski definition) is 4. The Kier molecular flexibility index (Phi) is 5.78. The van der Waals surface area contributed by atoms with Gasteiger partial charge < -0.3 is 15.0 Å². The summed E-state index contributed by atoms with van der Waals surface area (Å²) in [6.45, 7) is 5.81. The van der Waals surface area contributed by atoms with Crippen molar-refractivity contribution in [1.82, 2.24) is 0 Å². The van der Waals surface area contributed by atoms with E-state index in [2.05, 4.69) is 5.32 Å². The molecule has 2 aromatic carbocycles. The molecule has 28 heavy (non-hydrogen) atoms. The van der Waals surface area contributed by atoms with Crippen molar-refractivity contribution < 1.29 is 19.1 Å². The Morgan fingerprint density at radius 2 is 1.79 bits per heavy atom. The van der Waals surface area contributed by atoms with Crippen molar-refractivity contribution in [3.8, 4) is 0 Å². The van der Waals surface area contributed by atoms with Gasteiger partial charge in [-0.05, 0) is 56.2 Å². The van der Waals surface area contributed by atoms with Crippen molar-refractivity contribution in [2.75, 3.05) is 23.4 Å². The molecule has 6 heteroatoms. The maximum atomic E-state index is 12.3. The Morgan fingerprint density at radius 1 is 1.07 bits per heavy atom. The van der Waals surface area contributed by atoms with E-state index in [1.807, 2.05) is 57.2 Å². The molecule has 1 atom stereocenters. The molecule has 1 N–H and O–H groups in total. The minimum Gasteiger partial charge on any atom is -0.455 e. The number of esters is 1. The fraction of sp³-hybridized carbons (Fsp3) is 0.318. The van der Waals surface area contributed by atoms with Crippen LogP contribution in [0.3, 0.4) is 0 Å². The minimum absolute atomic E-state index is 0.0888. The first-order valence-electron chi connectivity index (χ1n) is 9.24. The lowest BCUT2D eigenvalue weighted by Crippen LogP contribution is -2.28. The summed E-state index contributed by atoms with van der Waals surface area (Å²) < 4.78 is 5.14. The van der Waals surface area contributed by atoms with Gasteiger partial charge in [0.2, 0.25) is 5.91 Å². The Hall–Kier alpha value is -3.15. The maximum Gasteiger partial charge on any atom is 0.311 e. The first kappa shape index (κ1) is 19.6. The molecule has 2 aromatic rings. The topological polar surface area (TPSA) is 75.7 Å². The van der Waals surface area contributed by atoms with Crippen molar-refractivity contribution in [3.05, 3.63) is 59.2 Å². The van der Waals surface area contributed by atoms with Crippen LogP contribution in [0.15, 0.2) is 42.5 Å². The summed E-state index contributed by atoms with van der Waals surface area (Å²) >= 11 is 0. The molecule has 0 radical (unpaired) electrons. The van der Waals surface area contributed by atoms with Gasteiger partial charge in [0.25, 0.3) is 5.91 Å². The standard InChI is InChI=1S/C22H24N2O4/c1-14-4-8-19(9-5-14)24-12-17(11-21(24)26)22(27)28-13-20(25)23-18-7-6-15(2)16(3)10-18/h4-10,17H,11-13H2,1-3H3,(H,23,25)/t17-/m0/s1. The van der Waals surface area contributed by atoms with Crippen LogP contribution in [0.4, 0.5) is 11.4 Å². The van der Waals surface area contributed by atoms with E-state index in [0.717, 1.165) is 22.4 Å². The second-order valence-corrected chi connectivity index (χ2v) is 7.20. The maximum absolute atomic E-state index is 12.3. The van der Waals surface area contributed by atoms with Gasteiger partial charge in [-0.1, -0.05) is 23.8 Å². The zero-order chi connectivity index (χ0) is 20.3. The lowest BCUT2D eigenvalue weighted by atomic mass is 10.1. The molecule has 3 rings (SSSR count). The molecule has 0 unspecified atom stereocenters. The monoisotopic (exact) mass is 380 g/mol. The minimum atomic E-state index is -0.566. The van der Waals surface area contributed by atoms with Gasteiger partial charge in [0, 0.05) is 24.3 Å². The van der Waals surface area contributed by atoms with Crippen LogP contribution in [0, 0.1) is 26.7 Å². The van der Waals surface area contributed by atoms with E-state index in [4.69, 9.17) is 4.74 Å². The number of ether oxygens (including phenoxy) is 1. The van der Waals surface area contributed by atoms with Gasteiger partial charge in [0.15, 0.2) is 6.61 Å². The zero-order valence-electron chi connectivity index (χ0n) is 16.3. The Morgan fingerprint density at radius 3 is 2.46 bits per heavy atom. The summed E-state index contributed by atoms with van der Waals surface area (Å²) in [6.07, 6.45) is 0.0888. The number of amides is 2. The van der Waals surface area contributed by atoms with Crippen LogP contribution < -0.4 is 10.2 Å². The van der Waals surface area contributed by atoms with Crippen molar-refractivity contribution >= 4 is 29.2 Å². The smallest absolute Gasteiger partial charge is 0.311 e. The Bertz CT molecular complexity index is 905. The van der Waals surface area contributed by atoms with Crippen LogP contribution in [-0.4, -0.2) is 30.9 Å². The van der Waals surface area contributed by atoms with E-state index in [-0.39, 0.29) is 25.5 Å². The number of nitrogens with one attached hydrogen (secondary N) is 1. The zero-order valence-corrected chi connectivity index (χ0v) is 16.3. The van der Waals surface area contributed by atoms with Crippen LogP contribution in [0.25, 0.3) is 0 Å². The number of benzene rings is 2. The van der Waals surface area contributed by atoms with Gasteiger partial charge >= 0.3 is 5.97 Å². The fourth-order valence-electron chi connectivity index (χ4n) is 3.11. The van der Waals surface area contributed by atoms with E-state index in [9.17, 15) is 14.4 Å².